The minimum absolute atomic E-state index is 0.0281. The van der Waals surface area contributed by atoms with Crippen molar-refractivity contribution in [2.75, 3.05) is 19.6 Å². The van der Waals surface area contributed by atoms with E-state index in [0.717, 1.165) is 25.9 Å². The van der Waals surface area contributed by atoms with Gasteiger partial charge in [-0.05, 0) is 31.9 Å². The van der Waals surface area contributed by atoms with E-state index in [9.17, 15) is 19.7 Å². The summed E-state index contributed by atoms with van der Waals surface area (Å²) in [6, 6.07) is 4.14. The van der Waals surface area contributed by atoms with Crippen LogP contribution in [0.3, 0.4) is 0 Å². The Morgan fingerprint density at radius 3 is 2.57 bits per heavy atom. The Bertz CT molecular complexity index is 580. The van der Waals surface area contributed by atoms with Crippen LogP contribution in [0, 0.1) is 17.0 Å². The molecule has 1 fully saturated rings. The lowest BCUT2D eigenvalue weighted by Crippen LogP contribution is -2.38. The van der Waals surface area contributed by atoms with Crippen molar-refractivity contribution in [1.29, 1.82) is 0 Å². The SMILES string of the molecule is Cc1cc(C(=O)NCC(=O)N2CCCC2)ccc1[N+](=O)[O-]. The fraction of sp³-hybridized carbons (Fsp3) is 0.429. The number of aryl methyl sites for hydroxylation is 1. The summed E-state index contributed by atoms with van der Waals surface area (Å²) in [7, 11) is 0. The zero-order valence-electron chi connectivity index (χ0n) is 11.8. The molecule has 7 nitrogen and oxygen atoms in total. The predicted octanol–water partition coefficient (Wildman–Crippen LogP) is 1.26. The summed E-state index contributed by atoms with van der Waals surface area (Å²) in [5.41, 5.74) is 0.700. The number of benzene rings is 1. The van der Waals surface area contributed by atoms with Gasteiger partial charge in [-0.25, -0.2) is 0 Å². The zero-order chi connectivity index (χ0) is 15.4. The van der Waals surface area contributed by atoms with E-state index in [4.69, 9.17) is 0 Å². The molecule has 2 amide bonds. The highest BCUT2D eigenvalue weighted by Crippen LogP contribution is 2.18. The smallest absolute Gasteiger partial charge is 0.272 e. The van der Waals surface area contributed by atoms with E-state index in [1.165, 1.54) is 18.2 Å². The fourth-order valence-corrected chi connectivity index (χ4v) is 2.34. The van der Waals surface area contributed by atoms with E-state index in [1.807, 2.05) is 0 Å². The van der Waals surface area contributed by atoms with Gasteiger partial charge in [-0.2, -0.15) is 0 Å². The van der Waals surface area contributed by atoms with Gasteiger partial charge in [-0.15, -0.1) is 0 Å². The number of hydrogen-bond donors (Lipinski definition) is 1. The van der Waals surface area contributed by atoms with Crippen molar-refractivity contribution in [3.05, 3.63) is 39.4 Å². The zero-order valence-corrected chi connectivity index (χ0v) is 11.8. The monoisotopic (exact) mass is 291 g/mol. The second kappa shape index (κ2) is 6.34. The minimum Gasteiger partial charge on any atom is -0.343 e. The van der Waals surface area contributed by atoms with Gasteiger partial charge in [-0.3, -0.25) is 19.7 Å². The van der Waals surface area contributed by atoms with Crippen LogP contribution >= 0.6 is 0 Å². The van der Waals surface area contributed by atoms with Crippen molar-refractivity contribution in [2.24, 2.45) is 0 Å². The van der Waals surface area contributed by atoms with Gasteiger partial charge in [0.15, 0.2) is 0 Å². The molecule has 112 valence electrons. The van der Waals surface area contributed by atoms with Crippen molar-refractivity contribution in [3.8, 4) is 0 Å². The molecule has 1 N–H and O–H groups in total. The molecule has 0 saturated carbocycles. The van der Waals surface area contributed by atoms with E-state index < -0.39 is 10.8 Å². The molecule has 1 aliphatic heterocycles. The molecule has 0 aliphatic carbocycles. The van der Waals surface area contributed by atoms with Gasteiger partial charge in [0.2, 0.25) is 5.91 Å². The van der Waals surface area contributed by atoms with Crippen LogP contribution in [-0.2, 0) is 4.79 Å². The van der Waals surface area contributed by atoms with Crippen molar-refractivity contribution in [3.63, 3.8) is 0 Å². The lowest BCUT2D eigenvalue weighted by atomic mass is 10.1. The topological polar surface area (TPSA) is 92.6 Å². The summed E-state index contributed by atoms with van der Waals surface area (Å²) in [6.07, 6.45) is 2.00. The molecule has 0 aromatic heterocycles. The molecule has 0 bridgehead atoms. The first-order valence-corrected chi connectivity index (χ1v) is 6.80. The fourth-order valence-electron chi connectivity index (χ4n) is 2.34. The van der Waals surface area contributed by atoms with Crippen LogP contribution in [0.1, 0.15) is 28.8 Å². The lowest BCUT2D eigenvalue weighted by Gasteiger charge is -2.15. The molecular weight excluding hydrogens is 274 g/mol. The average Bonchev–Trinajstić information content (AvgIpc) is 2.98. The number of nitro benzene ring substituents is 1. The number of hydrogen-bond acceptors (Lipinski definition) is 4. The van der Waals surface area contributed by atoms with Crippen LogP contribution in [-0.4, -0.2) is 41.3 Å². The van der Waals surface area contributed by atoms with Crippen LogP contribution in [0.15, 0.2) is 18.2 Å². The maximum Gasteiger partial charge on any atom is 0.272 e. The largest absolute Gasteiger partial charge is 0.343 e. The summed E-state index contributed by atoms with van der Waals surface area (Å²) in [5, 5.41) is 13.3. The van der Waals surface area contributed by atoms with Gasteiger partial charge in [0.1, 0.15) is 0 Å². The molecule has 1 aromatic rings. The van der Waals surface area contributed by atoms with E-state index in [1.54, 1.807) is 11.8 Å². The van der Waals surface area contributed by atoms with Gasteiger partial charge < -0.3 is 10.2 Å². The molecule has 0 unspecified atom stereocenters. The van der Waals surface area contributed by atoms with Crippen LogP contribution in [0.5, 0.6) is 0 Å². The van der Waals surface area contributed by atoms with Crippen molar-refractivity contribution in [1.82, 2.24) is 10.2 Å². The summed E-state index contributed by atoms with van der Waals surface area (Å²) in [4.78, 5) is 35.7. The van der Waals surface area contributed by atoms with E-state index in [0.29, 0.717) is 11.1 Å². The molecule has 1 saturated heterocycles. The summed E-state index contributed by atoms with van der Waals surface area (Å²) < 4.78 is 0. The minimum atomic E-state index is -0.492. The summed E-state index contributed by atoms with van der Waals surface area (Å²) in [6.45, 7) is 3.01. The maximum absolute atomic E-state index is 11.9. The Labute approximate surface area is 122 Å². The first-order chi connectivity index (χ1) is 9.99. The molecule has 1 aliphatic rings. The number of rotatable bonds is 4. The van der Waals surface area contributed by atoms with Crippen molar-refractivity contribution < 1.29 is 14.5 Å². The first kappa shape index (κ1) is 15.0. The third-order valence-electron chi connectivity index (χ3n) is 3.51. The average molecular weight is 291 g/mol. The Hall–Kier alpha value is -2.44. The second-order valence-electron chi connectivity index (χ2n) is 5.03. The molecule has 0 radical (unpaired) electrons. The summed E-state index contributed by atoms with van der Waals surface area (Å²) in [5.74, 6) is -0.500. The van der Waals surface area contributed by atoms with Gasteiger partial charge >= 0.3 is 0 Å². The summed E-state index contributed by atoms with van der Waals surface area (Å²) >= 11 is 0. The molecular formula is C14H17N3O4. The van der Waals surface area contributed by atoms with Gasteiger partial charge in [0.25, 0.3) is 11.6 Å². The third kappa shape index (κ3) is 3.56. The lowest BCUT2D eigenvalue weighted by molar-refractivity contribution is -0.385. The van der Waals surface area contributed by atoms with Crippen LogP contribution in [0.25, 0.3) is 0 Å². The standard InChI is InChI=1S/C14H17N3O4/c1-10-8-11(4-5-12(10)17(20)21)14(19)15-9-13(18)16-6-2-3-7-16/h4-5,8H,2-3,6-7,9H2,1H3,(H,15,19). The Morgan fingerprint density at radius 1 is 1.33 bits per heavy atom. The van der Waals surface area contributed by atoms with E-state index >= 15 is 0 Å². The number of nitro groups is 1. The number of carbonyl (C=O) groups is 2. The maximum atomic E-state index is 11.9. The number of likely N-dealkylation sites (tertiary alicyclic amines) is 1. The number of carbonyl (C=O) groups excluding carboxylic acids is 2. The molecule has 2 rings (SSSR count). The van der Waals surface area contributed by atoms with Crippen molar-refractivity contribution in [2.45, 2.75) is 19.8 Å². The third-order valence-corrected chi connectivity index (χ3v) is 3.51. The van der Waals surface area contributed by atoms with Gasteiger partial charge in [0, 0.05) is 30.3 Å². The molecule has 1 aromatic carbocycles. The predicted molar refractivity (Wildman–Crippen MR) is 76.0 cm³/mol. The molecule has 1 heterocycles. The highest BCUT2D eigenvalue weighted by atomic mass is 16.6. The molecule has 7 heteroatoms. The highest BCUT2D eigenvalue weighted by Gasteiger charge is 2.19. The second-order valence-corrected chi connectivity index (χ2v) is 5.03. The number of nitrogens with zero attached hydrogens (tertiary/aromatic N) is 2. The van der Waals surface area contributed by atoms with Gasteiger partial charge in [-0.1, -0.05) is 0 Å². The number of amides is 2. The highest BCUT2D eigenvalue weighted by molar-refractivity contribution is 5.96. The van der Waals surface area contributed by atoms with Crippen LogP contribution in [0.4, 0.5) is 5.69 Å². The van der Waals surface area contributed by atoms with Crippen LogP contribution in [0.2, 0.25) is 0 Å². The molecule has 21 heavy (non-hydrogen) atoms. The van der Waals surface area contributed by atoms with Crippen LogP contribution < -0.4 is 5.32 Å². The number of nitrogens with one attached hydrogen (secondary N) is 1. The normalized spacial score (nSPS) is 14.0. The Balaban J connectivity index is 1.95. The quantitative estimate of drug-likeness (QED) is 0.667. The Morgan fingerprint density at radius 2 is 2.00 bits per heavy atom. The van der Waals surface area contributed by atoms with Crippen molar-refractivity contribution >= 4 is 17.5 Å². The molecule has 0 atom stereocenters. The molecule has 0 spiro atoms. The van der Waals surface area contributed by atoms with E-state index in [2.05, 4.69) is 5.32 Å². The van der Waals surface area contributed by atoms with E-state index in [-0.39, 0.29) is 18.1 Å². The Kier molecular flexibility index (Phi) is 4.52. The first-order valence-electron chi connectivity index (χ1n) is 6.80. The van der Waals surface area contributed by atoms with Gasteiger partial charge in [0.05, 0.1) is 11.5 Å².